The summed E-state index contributed by atoms with van der Waals surface area (Å²) in [6.45, 7) is 7.41. The average Bonchev–Trinajstić information content (AvgIpc) is 2.95. The third-order valence-electron chi connectivity index (χ3n) is 4.61. The number of methoxy groups -OCH3 is 1. The number of hydrogen-bond donors (Lipinski definition) is 0. The lowest BCUT2D eigenvalue weighted by atomic mass is 10.1. The molecule has 2 aromatic rings. The summed E-state index contributed by atoms with van der Waals surface area (Å²) in [6, 6.07) is 9.66. The molecule has 0 saturated carbocycles. The van der Waals surface area contributed by atoms with Crippen LogP contribution in [0, 0.1) is 0 Å². The third-order valence-corrected chi connectivity index (χ3v) is 4.61. The largest absolute Gasteiger partial charge is 0.496 e. The molecule has 0 N–H and O–H groups in total. The molecule has 1 amide bonds. The summed E-state index contributed by atoms with van der Waals surface area (Å²) in [6.07, 6.45) is 2.78. The van der Waals surface area contributed by atoms with Crippen LogP contribution in [0.1, 0.15) is 28.2 Å². The van der Waals surface area contributed by atoms with Crippen LogP contribution in [0.2, 0.25) is 0 Å². The molecule has 26 heavy (non-hydrogen) atoms. The molecule has 1 aromatic carbocycles. The van der Waals surface area contributed by atoms with Crippen LogP contribution in [-0.4, -0.2) is 52.7 Å². The lowest BCUT2D eigenvalue weighted by Gasteiger charge is -2.21. The van der Waals surface area contributed by atoms with Gasteiger partial charge in [0.1, 0.15) is 5.75 Å². The Labute approximate surface area is 154 Å². The maximum Gasteiger partial charge on any atom is 0.274 e. The number of aromatic nitrogens is 2. The van der Waals surface area contributed by atoms with Gasteiger partial charge in [-0.2, -0.15) is 5.10 Å². The van der Waals surface area contributed by atoms with E-state index in [1.807, 2.05) is 35.0 Å². The second-order valence-electron chi connectivity index (χ2n) is 6.62. The highest BCUT2D eigenvalue weighted by atomic mass is 16.5. The zero-order chi connectivity index (χ0) is 18.5. The van der Waals surface area contributed by atoms with E-state index in [1.165, 1.54) is 0 Å². The number of rotatable bonds is 6. The lowest BCUT2D eigenvalue weighted by Crippen LogP contribution is -2.31. The first-order valence-corrected chi connectivity index (χ1v) is 8.89. The smallest absolute Gasteiger partial charge is 0.274 e. The van der Waals surface area contributed by atoms with Gasteiger partial charge in [0.2, 0.25) is 0 Å². The maximum atomic E-state index is 13.1. The fourth-order valence-electron chi connectivity index (χ4n) is 3.30. The van der Waals surface area contributed by atoms with Crippen molar-refractivity contribution >= 4 is 5.91 Å². The molecular formula is C20H26N4O2. The molecule has 0 unspecified atom stereocenters. The van der Waals surface area contributed by atoms with Crippen LogP contribution in [-0.2, 0) is 19.6 Å². The predicted octanol–water partition coefficient (Wildman–Crippen LogP) is 2.56. The third kappa shape index (κ3) is 3.96. The van der Waals surface area contributed by atoms with Crippen molar-refractivity contribution in [2.75, 3.05) is 27.2 Å². The molecule has 1 aliphatic rings. The van der Waals surface area contributed by atoms with Gasteiger partial charge >= 0.3 is 0 Å². The molecule has 0 aliphatic carbocycles. The van der Waals surface area contributed by atoms with E-state index < -0.39 is 0 Å². The van der Waals surface area contributed by atoms with Gasteiger partial charge in [-0.3, -0.25) is 9.48 Å². The Morgan fingerprint density at radius 3 is 2.96 bits per heavy atom. The van der Waals surface area contributed by atoms with E-state index >= 15 is 0 Å². The Kier molecular flexibility index (Phi) is 5.73. The number of fused-ring (bicyclic) bond motifs is 1. The molecule has 1 aromatic heterocycles. The van der Waals surface area contributed by atoms with Gasteiger partial charge in [-0.1, -0.05) is 24.3 Å². The van der Waals surface area contributed by atoms with Crippen molar-refractivity contribution in [2.45, 2.75) is 26.1 Å². The number of para-hydroxylation sites is 1. The average molecular weight is 354 g/mol. The minimum Gasteiger partial charge on any atom is -0.496 e. The van der Waals surface area contributed by atoms with Crippen molar-refractivity contribution < 1.29 is 9.53 Å². The second-order valence-corrected chi connectivity index (χ2v) is 6.62. The van der Waals surface area contributed by atoms with E-state index in [4.69, 9.17) is 4.74 Å². The molecular weight excluding hydrogens is 328 g/mol. The summed E-state index contributed by atoms with van der Waals surface area (Å²) >= 11 is 0. The van der Waals surface area contributed by atoms with Gasteiger partial charge in [-0.15, -0.1) is 6.58 Å². The number of benzene rings is 1. The Balaban J connectivity index is 1.83. The zero-order valence-electron chi connectivity index (χ0n) is 15.5. The molecule has 0 saturated heterocycles. The van der Waals surface area contributed by atoms with Gasteiger partial charge in [0.25, 0.3) is 5.91 Å². The maximum absolute atomic E-state index is 13.1. The van der Waals surface area contributed by atoms with Crippen LogP contribution >= 0.6 is 0 Å². The second kappa shape index (κ2) is 8.19. The van der Waals surface area contributed by atoms with Gasteiger partial charge in [0, 0.05) is 31.7 Å². The summed E-state index contributed by atoms with van der Waals surface area (Å²) < 4.78 is 7.38. The van der Waals surface area contributed by atoms with Crippen LogP contribution < -0.4 is 4.74 Å². The molecule has 1 aliphatic heterocycles. The predicted molar refractivity (Wildman–Crippen MR) is 101 cm³/mol. The van der Waals surface area contributed by atoms with Crippen molar-refractivity contribution in [3.05, 3.63) is 59.9 Å². The number of carbonyl (C=O) groups excluding carboxylic acids is 1. The molecule has 6 nitrogen and oxygen atoms in total. The number of nitrogens with zero attached hydrogens (tertiary/aromatic N) is 4. The first kappa shape index (κ1) is 18.2. The van der Waals surface area contributed by atoms with Crippen LogP contribution in [0.15, 0.2) is 43.0 Å². The van der Waals surface area contributed by atoms with E-state index in [2.05, 4.69) is 23.6 Å². The zero-order valence-corrected chi connectivity index (χ0v) is 15.5. The van der Waals surface area contributed by atoms with Crippen molar-refractivity contribution in [2.24, 2.45) is 0 Å². The van der Waals surface area contributed by atoms with Crippen LogP contribution in [0.3, 0.4) is 0 Å². The molecule has 0 atom stereocenters. The van der Waals surface area contributed by atoms with Crippen LogP contribution in [0.4, 0.5) is 0 Å². The van der Waals surface area contributed by atoms with E-state index in [0.29, 0.717) is 18.8 Å². The highest BCUT2D eigenvalue weighted by Crippen LogP contribution is 2.21. The Morgan fingerprint density at radius 1 is 1.38 bits per heavy atom. The summed E-state index contributed by atoms with van der Waals surface area (Å²) in [4.78, 5) is 17.1. The summed E-state index contributed by atoms with van der Waals surface area (Å²) in [5.41, 5.74) is 2.54. The van der Waals surface area contributed by atoms with Gasteiger partial charge < -0.3 is 14.5 Å². The molecule has 0 fully saturated rings. The standard InChI is InChI=1S/C20H26N4O2/c1-4-10-23(14-16-8-5-6-9-19(16)26-3)20(25)18-13-17-15-22(2)11-7-12-24(17)21-18/h4-6,8-9,13H,1,7,10-12,14-15H2,2-3H3. The highest BCUT2D eigenvalue weighted by Gasteiger charge is 2.22. The quantitative estimate of drug-likeness (QED) is 0.748. The Bertz CT molecular complexity index is 784. The van der Waals surface area contributed by atoms with Gasteiger partial charge in [0.15, 0.2) is 5.69 Å². The summed E-state index contributed by atoms with van der Waals surface area (Å²) in [5, 5.41) is 4.57. The van der Waals surface area contributed by atoms with Gasteiger partial charge in [-0.05, 0) is 25.6 Å². The Morgan fingerprint density at radius 2 is 2.19 bits per heavy atom. The lowest BCUT2D eigenvalue weighted by molar-refractivity contribution is 0.0754. The SMILES string of the molecule is C=CCN(Cc1ccccc1OC)C(=O)c1cc2n(n1)CCCN(C)C2. The molecule has 0 spiro atoms. The normalized spacial score (nSPS) is 14.4. The molecule has 0 radical (unpaired) electrons. The van der Waals surface area contributed by atoms with E-state index in [0.717, 1.165) is 43.1 Å². The summed E-state index contributed by atoms with van der Waals surface area (Å²) in [5.74, 6) is 0.690. The molecule has 3 rings (SSSR count). The summed E-state index contributed by atoms with van der Waals surface area (Å²) in [7, 11) is 3.73. The van der Waals surface area contributed by atoms with Crippen LogP contribution in [0.25, 0.3) is 0 Å². The first-order chi connectivity index (χ1) is 12.6. The monoisotopic (exact) mass is 354 g/mol. The Hall–Kier alpha value is -2.60. The molecule has 6 heteroatoms. The number of carbonyl (C=O) groups is 1. The topological polar surface area (TPSA) is 50.6 Å². The molecule has 138 valence electrons. The van der Waals surface area contributed by atoms with E-state index in [9.17, 15) is 4.79 Å². The first-order valence-electron chi connectivity index (χ1n) is 8.89. The number of aryl methyl sites for hydroxylation is 1. The minimum atomic E-state index is -0.0842. The molecule has 0 bridgehead atoms. The van der Waals surface area contributed by atoms with Crippen molar-refractivity contribution in [1.29, 1.82) is 0 Å². The van der Waals surface area contributed by atoms with Crippen LogP contribution in [0.5, 0.6) is 5.75 Å². The number of hydrogen-bond acceptors (Lipinski definition) is 4. The minimum absolute atomic E-state index is 0.0842. The fourth-order valence-corrected chi connectivity index (χ4v) is 3.30. The van der Waals surface area contributed by atoms with Gasteiger partial charge in [0.05, 0.1) is 19.3 Å². The van der Waals surface area contributed by atoms with Crippen molar-refractivity contribution in [3.63, 3.8) is 0 Å². The van der Waals surface area contributed by atoms with Crippen molar-refractivity contribution in [1.82, 2.24) is 19.6 Å². The highest BCUT2D eigenvalue weighted by molar-refractivity contribution is 5.92. The number of amides is 1. The van der Waals surface area contributed by atoms with E-state index in [-0.39, 0.29) is 5.91 Å². The van der Waals surface area contributed by atoms with Crippen molar-refractivity contribution in [3.8, 4) is 5.75 Å². The fraction of sp³-hybridized carbons (Fsp3) is 0.400. The molecule has 2 heterocycles. The van der Waals surface area contributed by atoms with E-state index in [1.54, 1.807) is 18.1 Å². The number of ether oxygens (including phenoxy) is 1. The van der Waals surface area contributed by atoms with Gasteiger partial charge in [-0.25, -0.2) is 0 Å².